The van der Waals surface area contributed by atoms with Gasteiger partial charge >= 0.3 is 0 Å². The van der Waals surface area contributed by atoms with Crippen molar-refractivity contribution in [2.24, 2.45) is 7.05 Å². The second-order valence-corrected chi connectivity index (χ2v) is 10.4. The molecule has 2 aromatic carbocycles. The third kappa shape index (κ3) is 8.85. The molecule has 0 spiro atoms. The zero-order chi connectivity index (χ0) is 25.1. The third-order valence-corrected chi connectivity index (χ3v) is 7.38. The molecule has 35 heavy (non-hydrogen) atoms. The molecular weight excluding hydrogens is 462 g/mol. The third-order valence-electron chi connectivity index (χ3n) is 5.91. The average molecular weight is 500 g/mol. The second kappa shape index (κ2) is 13.5. The van der Waals surface area contributed by atoms with Crippen LogP contribution in [0.1, 0.15) is 49.1 Å². The van der Waals surface area contributed by atoms with Crippen molar-refractivity contribution in [3.8, 4) is 0 Å². The first kappa shape index (κ1) is 27.0. The average Bonchev–Trinajstić information content (AvgIpc) is 3.23. The minimum absolute atomic E-state index is 0.0642. The lowest BCUT2D eigenvalue weighted by Crippen LogP contribution is -2.34. The van der Waals surface area contributed by atoms with E-state index in [2.05, 4.69) is 33.6 Å². The molecule has 1 N–H and O–H groups in total. The molecule has 1 heterocycles. The number of ether oxygens (including phenoxy) is 1. The van der Waals surface area contributed by atoms with E-state index in [1.54, 1.807) is 11.7 Å². The molecule has 0 aliphatic heterocycles. The van der Waals surface area contributed by atoms with Crippen molar-refractivity contribution in [2.75, 3.05) is 25.4 Å². The molecule has 0 aliphatic carbocycles. The van der Waals surface area contributed by atoms with Crippen LogP contribution in [0.25, 0.3) is 0 Å². The maximum absolute atomic E-state index is 13.0. The first-order chi connectivity index (χ1) is 16.9. The number of hydrogen-bond acceptors (Lipinski definition) is 6. The van der Waals surface area contributed by atoms with Gasteiger partial charge < -0.3 is 9.64 Å². The Morgan fingerprint density at radius 3 is 2.23 bits per heavy atom. The molecule has 1 aromatic heterocycles. The number of benzene rings is 2. The van der Waals surface area contributed by atoms with Gasteiger partial charge in [-0.1, -0.05) is 74.5 Å². The lowest BCUT2D eigenvalue weighted by Gasteiger charge is -2.19. The summed E-state index contributed by atoms with van der Waals surface area (Å²) in [5.41, 5.74) is 2.09. The van der Waals surface area contributed by atoms with Gasteiger partial charge in [0.1, 0.15) is 6.61 Å². The largest absolute Gasteiger partial charge is 0.369 e. The fourth-order valence-electron chi connectivity index (χ4n) is 3.88. The zero-order valence-corrected chi connectivity index (χ0v) is 21.7. The van der Waals surface area contributed by atoms with Gasteiger partial charge in [0.15, 0.2) is 11.6 Å². The Kier molecular flexibility index (Phi) is 10.4. The Morgan fingerprint density at radius 2 is 1.60 bits per heavy atom. The maximum atomic E-state index is 13.0. The molecule has 3 aromatic rings. The molecular formula is C26H37N5O3S. The molecule has 0 saturated carbocycles. The monoisotopic (exact) mass is 499 g/mol. The summed E-state index contributed by atoms with van der Waals surface area (Å²) in [5, 5.41) is 4.54. The van der Waals surface area contributed by atoms with E-state index in [0.29, 0.717) is 31.1 Å². The van der Waals surface area contributed by atoms with E-state index < -0.39 is 16.1 Å². The van der Waals surface area contributed by atoms with Gasteiger partial charge in [-0.25, -0.2) is 18.1 Å². The first-order valence-corrected chi connectivity index (χ1v) is 13.8. The molecule has 0 amide bonds. The number of rotatable bonds is 15. The smallest absolute Gasteiger partial charge is 0.212 e. The summed E-state index contributed by atoms with van der Waals surface area (Å²) in [6, 6.07) is 19.2. The molecule has 1 atom stereocenters. The Bertz CT molecular complexity index is 1120. The van der Waals surface area contributed by atoms with Crippen LogP contribution in [0.3, 0.4) is 0 Å². The van der Waals surface area contributed by atoms with E-state index in [-0.39, 0.29) is 12.4 Å². The van der Waals surface area contributed by atoms with Crippen LogP contribution in [-0.2, 0) is 41.4 Å². The summed E-state index contributed by atoms with van der Waals surface area (Å²) in [7, 11) is -1.71. The summed E-state index contributed by atoms with van der Waals surface area (Å²) in [4.78, 5) is 6.87. The van der Waals surface area contributed by atoms with Crippen LogP contribution in [0.15, 0.2) is 60.7 Å². The fraction of sp³-hybridized carbons (Fsp3) is 0.462. The number of hydrogen-bond donors (Lipinski definition) is 1. The van der Waals surface area contributed by atoms with E-state index in [9.17, 15) is 8.42 Å². The van der Waals surface area contributed by atoms with Crippen LogP contribution in [-0.4, -0.2) is 53.5 Å². The Morgan fingerprint density at radius 1 is 0.971 bits per heavy atom. The molecule has 3 rings (SSSR count). The SMILES string of the molecule is CCN(CC)CCCS(=O)(=O)N[C@H](Cc1ccccc1)c1nc(COCc2ccccc2)n(C)n1. The van der Waals surface area contributed by atoms with Crippen LogP contribution < -0.4 is 4.72 Å². The quantitative estimate of drug-likeness (QED) is 0.344. The number of nitrogens with one attached hydrogen (secondary N) is 1. The van der Waals surface area contributed by atoms with Crippen molar-refractivity contribution in [2.45, 2.75) is 45.9 Å². The predicted molar refractivity (Wildman–Crippen MR) is 138 cm³/mol. The number of sulfonamides is 1. The van der Waals surface area contributed by atoms with E-state index in [4.69, 9.17) is 4.74 Å². The molecule has 0 aliphatic rings. The van der Waals surface area contributed by atoms with E-state index in [1.165, 1.54) is 0 Å². The normalized spacial score (nSPS) is 12.8. The Labute approximate surface area is 209 Å². The fourth-order valence-corrected chi connectivity index (χ4v) is 5.12. The highest BCUT2D eigenvalue weighted by atomic mass is 32.2. The predicted octanol–water partition coefficient (Wildman–Crippen LogP) is 3.47. The Balaban J connectivity index is 1.70. The molecule has 0 radical (unpaired) electrons. The number of aromatic nitrogens is 3. The van der Waals surface area contributed by atoms with Crippen molar-refractivity contribution < 1.29 is 13.2 Å². The molecule has 0 bridgehead atoms. The lowest BCUT2D eigenvalue weighted by molar-refractivity contribution is 0.0993. The van der Waals surface area contributed by atoms with Gasteiger partial charge in [-0.15, -0.1) is 0 Å². The van der Waals surface area contributed by atoms with Gasteiger partial charge in [0.25, 0.3) is 0 Å². The number of aryl methyl sites for hydroxylation is 1. The highest BCUT2D eigenvalue weighted by Crippen LogP contribution is 2.18. The van der Waals surface area contributed by atoms with Crippen LogP contribution in [0.2, 0.25) is 0 Å². The van der Waals surface area contributed by atoms with Crippen molar-refractivity contribution in [1.82, 2.24) is 24.4 Å². The molecule has 9 heteroatoms. The highest BCUT2D eigenvalue weighted by Gasteiger charge is 2.24. The molecule has 8 nitrogen and oxygen atoms in total. The topological polar surface area (TPSA) is 89.4 Å². The lowest BCUT2D eigenvalue weighted by atomic mass is 10.1. The van der Waals surface area contributed by atoms with Gasteiger partial charge in [0, 0.05) is 7.05 Å². The Hall–Kier alpha value is -2.59. The van der Waals surface area contributed by atoms with Crippen LogP contribution in [0.5, 0.6) is 0 Å². The minimum atomic E-state index is -3.51. The number of nitrogens with zero attached hydrogens (tertiary/aromatic N) is 4. The van der Waals surface area contributed by atoms with Gasteiger partial charge in [-0.3, -0.25) is 4.68 Å². The maximum Gasteiger partial charge on any atom is 0.212 e. The van der Waals surface area contributed by atoms with E-state index in [0.717, 1.165) is 30.8 Å². The summed E-state index contributed by atoms with van der Waals surface area (Å²) < 4.78 is 36.3. The summed E-state index contributed by atoms with van der Waals surface area (Å²) in [5.74, 6) is 1.16. The van der Waals surface area contributed by atoms with Crippen molar-refractivity contribution >= 4 is 10.0 Å². The van der Waals surface area contributed by atoms with Gasteiger partial charge in [-0.05, 0) is 43.6 Å². The first-order valence-electron chi connectivity index (χ1n) is 12.2. The van der Waals surface area contributed by atoms with Crippen LogP contribution >= 0.6 is 0 Å². The van der Waals surface area contributed by atoms with Crippen molar-refractivity contribution in [3.05, 3.63) is 83.4 Å². The van der Waals surface area contributed by atoms with Crippen molar-refractivity contribution in [1.29, 1.82) is 0 Å². The van der Waals surface area contributed by atoms with Crippen LogP contribution in [0.4, 0.5) is 0 Å². The molecule has 190 valence electrons. The van der Waals surface area contributed by atoms with Gasteiger partial charge in [0.05, 0.1) is 18.4 Å². The summed E-state index contributed by atoms with van der Waals surface area (Å²) >= 11 is 0. The zero-order valence-electron chi connectivity index (χ0n) is 20.9. The van der Waals surface area contributed by atoms with Gasteiger partial charge in [0.2, 0.25) is 10.0 Å². The summed E-state index contributed by atoms with van der Waals surface area (Å²) in [6.07, 6.45) is 1.04. The molecule has 0 unspecified atom stereocenters. The van der Waals surface area contributed by atoms with Crippen LogP contribution in [0, 0.1) is 0 Å². The second-order valence-electron chi connectivity index (χ2n) is 8.55. The summed E-state index contributed by atoms with van der Waals surface area (Å²) in [6.45, 7) is 7.49. The van der Waals surface area contributed by atoms with Crippen molar-refractivity contribution in [3.63, 3.8) is 0 Å². The minimum Gasteiger partial charge on any atom is -0.369 e. The highest BCUT2D eigenvalue weighted by molar-refractivity contribution is 7.89. The van der Waals surface area contributed by atoms with Gasteiger partial charge in [-0.2, -0.15) is 5.10 Å². The van der Waals surface area contributed by atoms with E-state index in [1.807, 2.05) is 60.7 Å². The van der Waals surface area contributed by atoms with E-state index >= 15 is 0 Å². The molecule has 0 fully saturated rings. The standard InChI is InChI=1S/C26H37N5O3S/c1-4-31(5-2)17-12-18-35(32,33)29-24(19-22-13-8-6-9-14-22)26-27-25(30(3)28-26)21-34-20-23-15-10-7-11-16-23/h6-11,13-16,24,29H,4-5,12,17-21H2,1-3H3/t24-/m1/s1. The molecule has 0 saturated heterocycles.